The molecular weight excluding hydrogens is 269 g/mol. The van der Waals surface area contributed by atoms with Crippen molar-refractivity contribution in [3.05, 3.63) is 59.4 Å². The first-order chi connectivity index (χ1) is 10.1. The minimum atomic E-state index is -0.306. The Morgan fingerprint density at radius 3 is 2.90 bits per heavy atom. The van der Waals surface area contributed by atoms with Gasteiger partial charge in [0.2, 0.25) is 0 Å². The second-order valence-electron chi connectivity index (χ2n) is 5.33. The lowest BCUT2D eigenvalue weighted by Gasteiger charge is -2.17. The van der Waals surface area contributed by atoms with Gasteiger partial charge >= 0.3 is 0 Å². The van der Waals surface area contributed by atoms with Crippen molar-refractivity contribution >= 4 is 0 Å². The van der Waals surface area contributed by atoms with Gasteiger partial charge in [0.25, 0.3) is 0 Å². The van der Waals surface area contributed by atoms with Gasteiger partial charge in [-0.2, -0.15) is 0 Å². The van der Waals surface area contributed by atoms with Gasteiger partial charge in [-0.3, -0.25) is 0 Å². The van der Waals surface area contributed by atoms with Crippen LogP contribution in [0.3, 0.4) is 0 Å². The molecular formula is C17H18FNO2. The molecule has 2 aromatic rings. The van der Waals surface area contributed by atoms with E-state index in [-0.39, 0.29) is 18.0 Å². The van der Waals surface area contributed by atoms with Crippen LogP contribution >= 0.6 is 0 Å². The molecule has 0 fully saturated rings. The third kappa shape index (κ3) is 3.00. The molecule has 110 valence electrons. The number of para-hydroxylation sites is 1. The molecule has 0 saturated heterocycles. The molecule has 2 N–H and O–H groups in total. The number of hydrogen-bond donors (Lipinski definition) is 1. The van der Waals surface area contributed by atoms with E-state index in [1.165, 1.54) is 17.7 Å². The molecule has 0 bridgehead atoms. The summed E-state index contributed by atoms with van der Waals surface area (Å²) in [6.45, 7) is 2.23. The van der Waals surface area contributed by atoms with E-state index in [0.29, 0.717) is 17.9 Å². The lowest BCUT2D eigenvalue weighted by molar-refractivity contribution is 0.147. The zero-order valence-electron chi connectivity index (χ0n) is 11.9. The summed E-state index contributed by atoms with van der Waals surface area (Å²) in [7, 11) is 0. The van der Waals surface area contributed by atoms with E-state index in [2.05, 4.69) is 6.07 Å². The topological polar surface area (TPSA) is 44.5 Å². The maximum Gasteiger partial charge on any atom is 0.137 e. The molecule has 2 aromatic carbocycles. The molecule has 0 aliphatic carbocycles. The van der Waals surface area contributed by atoms with E-state index in [0.717, 1.165) is 12.2 Å². The summed E-state index contributed by atoms with van der Waals surface area (Å²) < 4.78 is 24.9. The predicted octanol–water partition coefficient (Wildman–Crippen LogP) is 3.23. The number of fused-ring (bicyclic) bond motifs is 1. The maximum atomic E-state index is 13.3. The summed E-state index contributed by atoms with van der Waals surface area (Å²) in [6.07, 6.45) is 0.804. The molecule has 1 aliphatic rings. The van der Waals surface area contributed by atoms with Gasteiger partial charge in [-0.1, -0.05) is 18.2 Å². The highest BCUT2D eigenvalue weighted by Gasteiger charge is 2.23. The third-order valence-electron chi connectivity index (χ3n) is 3.60. The van der Waals surface area contributed by atoms with Gasteiger partial charge in [0, 0.05) is 18.0 Å². The average molecular weight is 287 g/mol. The van der Waals surface area contributed by atoms with Gasteiger partial charge in [0.15, 0.2) is 0 Å². The molecule has 21 heavy (non-hydrogen) atoms. The first-order valence-corrected chi connectivity index (χ1v) is 7.06. The van der Waals surface area contributed by atoms with Crippen molar-refractivity contribution in [1.82, 2.24) is 0 Å². The van der Waals surface area contributed by atoms with Crippen molar-refractivity contribution in [2.24, 2.45) is 5.73 Å². The van der Waals surface area contributed by atoms with E-state index < -0.39 is 0 Å². The van der Waals surface area contributed by atoms with Gasteiger partial charge < -0.3 is 15.2 Å². The first kappa shape index (κ1) is 13.9. The Kier molecular flexibility index (Phi) is 3.80. The van der Waals surface area contributed by atoms with Crippen molar-refractivity contribution in [3.63, 3.8) is 0 Å². The zero-order chi connectivity index (χ0) is 14.8. The van der Waals surface area contributed by atoms with Crippen LogP contribution in [-0.4, -0.2) is 12.7 Å². The number of rotatable bonds is 4. The average Bonchev–Trinajstić information content (AvgIpc) is 2.88. The van der Waals surface area contributed by atoms with Crippen molar-refractivity contribution < 1.29 is 13.9 Å². The van der Waals surface area contributed by atoms with Crippen molar-refractivity contribution in [2.75, 3.05) is 6.61 Å². The van der Waals surface area contributed by atoms with Crippen LogP contribution in [0.5, 0.6) is 11.5 Å². The molecule has 1 aliphatic heterocycles. The lowest BCUT2D eigenvalue weighted by atomic mass is 10.1. The maximum absolute atomic E-state index is 13.3. The monoisotopic (exact) mass is 287 g/mol. The van der Waals surface area contributed by atoms with E-state index >= 15 is 0 Å². The van der Waals surface area contributed by atoms with Gasteiger partial charge in [0.1, 0.15) is 30.0 Å². The summed E-state index contributed by atoms with van der Waals surface area (Å²) in [6, 6.07) is 12.1. The second kappa shape index (κ2) is 5.74. The SMILES string of the molecule is C[C@@H](N)c1cc(F)ccc1OCC1Cc2ccccc2O1. The Morgan fingerprint density at radius 1 is 1.33 bits per heavy atom. The van der Waals surface area contributed by atoms with Crippen molar-refractivity contribution in [1.29, 1.82) is 0 Å². The van der Waals surface area contributed by atoms with E-state index in [1.54, 1.807) is 6.07 Å². The number of hydrogen-bond acceptors (Lipinski definition) is 3. The Bertz CT molecular complexity index is 617. The molecule has 0 amide bonds. The summed E-state index contributed by atoms with van der Waals surface area (Å²) >= 11 is 0. The van der Waals surface area contributed by atoms with Crippen LogP contribution in [0.4, 0.5) is 4.39 Å². The highest BCUT2D eigenvalue weighted by atomic mass is 19.1. The molecule has 1 unspecified atom stereocenters. The molecule has 0 spiro atoms. The van der Waals surface area contributed by atoms with Crippen LogP contribution in [0.15, 0.2) is 42.5 Å². The Hall–Kier alpha value is -2.07. The van der Waals surface area contributed by atoms with Crippen LogP contribution in [0.25, 0.3) is 0 Å². The Labute approximate surface area is 123 Å². The second-order valence-corrected chi connectivity index (χ2v) is 5.33. The normalized spacial score (nSPS) is 18.0. The van der Waals surface area contributed by atoms with Crippen LogP contribution in [0.1, 0.15) is 24.1 Å². The van der Waals surface area contributed by atoms with E-state index in [4.69, 9.17) is 15.2 Å². The summed E-state index contributed by atoms with van der Waals surface area (Å²) in [5.41, 5.74) is 7.72. The van der Waals surface area contributed by atoms with Crippen LogP contribution < -0.4 is 15.2 Å². The molecule has 3 rings (SSSR count). The first-order valence-electron chi connectivity index (χ1n) is 7.06. The number of halogens is 1. The van der Waals surface area contributed by atoms with Crippen molar-refractivity contribution in [3.8, 4) is 11.5 Å². The Morgan fingerprint density at radius 2 is 2.14 bits per heavy atom. The van der Waals surface area contributed by atoms with E-state index in [9.17, 15) is 4.39 Å². The van der Waals surface area contributed by atoms with E-state index in [1.807, 2.05) is 25.1 Å². The Balaban J connectivity index is 1.67. The zero-order valence-corrected chi connectivity index (χ0v) is 11.9. The smallest absolute Gasteiger partial charge is 0.137 e. The van der Waals surface area contributed by atoms with Gasteiger partial charge in [-0.15, -0.1) is 0 Å². The molecule has 3 nitrogen and oxygen atoms in total. The largest absolute Gasteiger partial charge is 0.489 e. The standard InChI is InChI=1S/C17H18FNO2/c1-11(19)15-9-13(18)6-7-17(15)20-10-14-8-12-4-2-3-5-16(12)21-14/h2-7,9,11,14H,8,10,19H2,1H3/t11-,14?/m1/s1. The summed E-state index contributed by atoms with van der Waals surface area (Å²) in [5, 5.41) is 0. The molecule has 0 aromatic heterocycles. The minimum absolute atomic E-state index is 0.0200. The molecule has 0 radical (unpaired) electrons. The van der Waals surface area contributed by atoms with Crippen molar-refractivity contribution in [2.45, 2.75) is 25.5 Å². The lowest BCUT2D eigenvalue weighted by Crippen LogP contribution is -2.23. The highest BCUT2D eigenvalue weighted by Crippen LogP contribution is 2.30. The highest BCUT2D eigenvalue weighted by molar-refractivity contribution is 5.38. The molecule has 4 heteroatoms. The number of benzene rings is 2. The summed E-state index contributed by atoms with van der Waals surface area (Å²) in [5.74, 6) is 1.22. The summed E-state index contributed by atoms with van der Waals surface area (Å²) in [4.78, 5) is 0. The molecule has 2 atom stereocenters. The number of ether oxygens (including phenoxy) is 2. The molecule has 0 saturated carbocycles. The van der Waals surface area contributed by atoms with Gasteiger partial charge in [-0.05, 0) is 36.8 Å². The fraction of sp³-hybridized carbons (Fsp3) is 0.294. The fourth-order valence-electron chi connectivity index (χ4n) is 2.54. The fourth-order valence-corrected chi connectivity index (χ4v) is 2.54. The van der Waals surface area contributed by atoms with Gasteiger partial charge in [-0.25, -0.2) is 4.39 Å². The van der Waals surface area contributed by atoms with Crippen LogP contribution in [0, 0.1) is 5.82 Å². The quantitative estimate of drug-likeness (QED) is 0.939. The predicted molar refractivity (Wildman–Crippen MR) is 79.1 cm³/mol. The van der Waals surface area contributed by atoms with Gasteiger partial charge in [0.05, 0.1) is 0 Å². The number of nitrogens with two attached hydrogens (primary N) is 1. The molecule has 1 heterocycles. The van der Waals surface area contributed by atoms with Crippen LogP contribution in [0.2, 0.25) is 0 Å². The van der Waals surface area contributed by atoms with Crippen LogP contribution in [-0.2, 0) is 6.42 Å². The third-order valence-corrected chi connectivity index (χ3v) is 3.60. The minimum Gasteiger partial charge on any atom is -0.489 e.